The predicted octanol–water partition coefficient (Wildman–Crippen LogP) is 2.40. The number of methoxy groups -OCH3 is 3. The Kier molecular flexibility index (Phi) is 5.64. The highest BCUT2D eigenvalue weighted by molar-refractivity contribution is 7.13. The van der Waals surface area contributed by atoms with Crippen LogP contribution >= 0.6 is 11.3 Å². The second kappa shape index (κ2) is 7.69. The van der Waals surface area contributed by atoms with Crippen LogP contribution < -0.4 is 19.5 Å². The molecule has 128 valence electrons. The first-order valence-corrected chi connectivity index (χ1v) is 7.72. The Hall–Kier alpha value is -2.74. The van der Waals surface area contributed by atoms with Crippen LogP contribution in [0.15, 0.2) is 24.3 Å². The van der Waals surface area contributed by atoms with Gasteiger partial charge in [-0.25, -0.2) is 4.79 Å². The zero-order valence-electron chi connectivity index (χ0n) is 13.4. The molecule has 7 nitrogen and oxygen atoms in total. The number of benzene rings is 1. The number of thiophene rings is 1. The van der Waals surface area contributed by atoms with Crippen molar-refractivity contribution in [3.63, 3.8) is 0 Å². The fourth-order valence-corrected chi connectivity index (χ4v) is 2.84. The number of carbonyl (C=O) groups excluding carboxylic acids is 1. The summed E-state index contributed by atoms with van der Waals surface area (Å²) >= 11 is 1.11. The minimum absolute atomic E-state index is 0.217. The third-order valence-electron chi connectivity index (χ3n) is 3.25. The van der Waals surface area contributed by atoms with Gasteiger partial charge in [0.25, 0.3) is 5.91 Å². The summed E-state index contributed by atoms with van der Waals surface area (Å²) in [6, 6.07) is 6.28. The van der Waals surface area contributed by atoms with Crippen molar-refractivity contribution in [2.45, 2.75) is 6.54 Å². The molecule has 0 aliphatic rings. The number of carboxylic acid groups (broad SMARTS) is 1. The summed E-state index contributed by atoms with van der Waals surface area (Å²) in [4.78, 5) is 24.2. The van der Waals surface area contributed by atoms with Gasteiger partial charge in [-0.15, -0.1) is 11.3 Å². The third kappa shape index (κ3) is 3.77. The fraction of sp³-hybridized carbons (Fsp3) is 0.250. The SMILES string of the molecule is COc1cc(OC)c(C(=O)NCc2ccc(C(=O)O)s2)cc1OC. The molecule has 0 aliphatic carbocycles. The quantitative estimate of drug-likeness (QED) is 0.795. The van der Waals surface area contributed by atoms with Crippen LogP contribution in [0.25, 0.3) is 0 Å². The van der Waals surface area contributed by atoms with Crippen molar-refractivity contribution in [2.24, 2.45) is 0 Å². The van der Waals surface area contributed by atoms with Gasteiger partial charge in [-0.05, 0) is 12.1 Å². The number of nitrogens with one attached hydrogen (secondary N) is 1. The third-order valence-corrected chi connectivity index (χ3v) is 4.32. The van der Waals surface area contributed by atoms with Crippen LogP contribution in [0, 0.1) is 0 Å². The normalized spacial score (nSPS) is 10.1. The predicted molar refractivity (Wildman–Crippen MR) is 88.5 cm³/mol. The average molecular weight is 351 g/mol. The van der Waals surface area contributed by atoms with Crippen molar-refractivity contribution in [3.8, 4) is 17.2 Å². The van der Waals surface area contributed by atoms with Crippen LogP contribution in [0.2, 0.25) is 0 Å². The Morgan fingerprint density at radius 1 is 1.04 bits per heavy atom. The number of hydrogen-bond acceptors (Lipinski definition) is 6. The molecule has 2 N–H and O–H groups in total. The molecule has 0 saturated carbocycles. The van der Waals surface area contributed by atoms with Crippen molar-refractivity contribution in [3.05, 3.63) is 39.6 Å². The second-order valence-electron chi connectivity index (χ2n) is 4.66. The Bertz CT molecular complexity index is 755. The van der Waals surface area contributed by atoms with Gasteiger partial charge in [-0.2, -0.15) is 0 Å². The highest BCUT2D eigenvalue weighted by Crippen LogP contribution is 2.34. The summed E-state index contributed by atoms with van der Waals surface area (Å²) in [5, 5.41) is 11.6. The van der Waals surface area contributed by atoms with Gasteiger partial charge >= 0.3 is 5.97 Å². The topological polar surface area (TPSA) is 94.1 Å². The summed E-state index contributed by atoms with van der Waals surface area (Å²) in [6.45, 7) is 0.217. The van der Waals surface area contributed by atoms with Crippen LogP contribution in [0.3, 0.4) is 0 Å². The van der Waals surface area contributed by atoms with Crippen LogP contribution in [0.1, 0.15) is 24.9 Å². The van der Waals surface area contributed by atoms with Crippen LogP contribution in [0.5, 0.6) is 17.2 Å². The number of carbonyl (C=O) groups is 2. The van der Waals surface area contributed by atoms with E-state index in [1.807, 2.05) is 0 Å². The van der Waals surface area contributed by atoms with E-state index in [1.165, 1.54) is 33.5 Å². The van der Waals surface area contributed by atoms with E-state index in [1.54, 1.807) is 12.1 Å². The number of aromatic carboxylic acids is 1. The lowest BCUT2D eigenvalue weighted by Crippen LogP contribution is -2.23. The molecule has 0 spiro atoms. The molecule has 1 aromatic heterocycles. The molecule has 24 heavy (non-hydrogen) atoms. The molecule has 0 bridgehead atoms. The molecule has 2 rings (SSSR count). The van der Waals surface area contributed by atoms with Gasteiger partial charge in [0.15, 0.2) is 11.5 Å². The Labute approximate surface area is 142 Å². The number of rotatable bonds is 7. The van der Waals surface area contributed by atoms with E-state index in [2.05, 4.69) is 5.32 Å². The summed E-state index contributed by atoms with van der Waals surface area (Å²) < 4.78 is 15.6. The number of amides is 1. The summed E-state index contributed by atoms with van der Waals surface area (Å²) in [7, 11) is 4.43. The molecule has 1 amide bonds. The molecule has 8 heteroatoms. The molecule has 0 unspecified atom stereocenters. The Morgan fingerprint density at radius 3 is 2.21 bits per heavy atom. The summed E-state index contributed by atoms with van der Waals surface area (Å²) in [6.07, 6.45) is 0. The Morgan fingerprint density at radius 2 is 1.67 bits per heavy atom. The lowest BCUT2D eigenvalue weighted by molar-refractivity contribution is 0.0702. The van der Waals surface area contributed by atoms with E-state index in [9.17, 15) is 9.59 Å². The standard InChI is InChI=1S/C16H17NO6S/c1-21-11-7-13(23-3)12(22-2)6-10(11)15(18)17-8-9-4-5-14(24-9)16(19)20/h4-7H,8H2,1-3H3,(H,17,18)(H,19,20). The van der Waals surface area contributed by atoms with Gasteiger partial charge in [0.1, 0.15) is 10.6 Å². The lowest BCUT2D eigenvalue weighted by atomic mass is 10.1. The second-order valence-corrected chi connectivity index (χ2v) is 5.83. The van der Waals surface area contributed by atoms with E-state index in [0.717, 1.165) is 16.2 Å². The molecule has 0 atom stereocenters. The van der Waals surface area contributed by atoms with Crippen LogP contribution in [-0.4, -0.2) is 38.3 Å². The first-order chi connectivity index (χ1) is 11.5. The fourth-order valence-electron chi connectivity index (χ4n) is 2.06. The first kappa shape index (κ1) is 17.6. The molecule has 0 fully saturated rings. The molecular formula is C16H17NO6S. The number of ether oxygens (including phenoxy) is 3. The molecular weight excluding hydrogens is 334 g/mol. The monoisotopic (exact) mass is 351 g/mol. The first-order valence-electron chi connectivity index (χ1n) is 6.90. The Balaban J connectivity index is 2.17. The van der Waals surface area contributed by atoms with Crippen molar-refractivity contribution in [2.75, 3.05) is 21.3 Å². The molecule has 0 radical (unpaired) electrons. The number of hydrogen-bond donors (Lipinski definition) is 2. The summed E-state index contributed by atoms with van der Waals surface area (Å²) in [5.74, 6) is -0.136. The van der Waals surface area contributed by atoms with Crippen molar-refractivity contribution in [1.29, 1.82) is 0 Å². The minimum Gasteiger partial charge on any atom is -0.496 e. The lowest BCUT2D eigenvalue weighted by Gasteiger charge is -2.13. The molecule has 0 aliphatic heterocycles. The maximum atomic E-state index is 12.4. The van der Waals surface area contributed by atoms with Crippen molar-refractivity contribution in [1.82, 2.24) is 5.32 Å². The van der Waals surface area contributed by atoms with E-state index in [4.69, 9.17) is 19.3 Å². The zero-order valence-corrected chi connectivity index (χ0v) is 14.2. The summed E-state index contributed by atoms with van der Waals surface area (Å²) in [5.41, 5.74) is 0.296. The van der Waals surface area contributed by atoms with Gasteiger partial charge in [-0.3, -0.25) is 4.79 Å². The molecule has 2 aromatic rings. The molecule has 1 aromatic carbocycles. The maximum Gasteiger partial charge on any atom is 0.345 e. The largest absolute Gasteiger partial charge is 0.496 e. The smallest absolute Gasteiger partial charge is 0.345 e. The highest BCUT2D eigenvalue weighted by atomic mass is 32.1. The zero-order chi connectivity index (χ0) is 17.7. The van der Waals surface area contributed by atoms with Gasteiger partial charge < -0.3 is 24.6 Å². The van der Waals surface area contributed by atoms with Crippen molar-refractivity contribution >= 4 is 23.2 Å². The molecule has 1 heterocycles. The van der Waals surface area contributed by atoms with Crippen LogP contribution in [-0.2, 0) is 6.54 Å². The van der Waals surface area contributed by atoms with E-state index in [-0.39, 0.29) is 17.3 Å². The van der Waals surface area contributed by atoms with E-state index < -0.39 is 5.97 Å². The minimum atomic E-state index is -0.987. The highest BCUT2D eigenvalue weighted by Gasteiger charge is 2.18. The number of carboxylic acids is 1. The van der Waals surface area contributed by atoms with Gasteiger partial charge in [-0.1, -0.05) is 0 Å². The van der Waals surface area contributed by atoms with Crippen LogP contribution in [0.4, 0.5) is 0 Å². The molecule has 0 saturated heterocycles. The van der Waals surface area contributed by atoms with Gasteiger partial charge in [0.05, 0.1) is 33.4 Å². The van der Waals surface area contributed by atoms with Gasteiger partial charge in [0.2, 0.25) is 0 Å². The van der Waals surface area contributed by atoms with Crippen molar-refractivity contribution < 1.29 is 28.9 Å². The average Bonchev–Trinajstić information content (AvgIpc) is 3.07. The van der Waals surface area contributed by atoms with Gasteiger partial charge in [0, 0.05) is 17.0 Å². The van der Waals surface area contributed by atoms with E-state index >= 15 is 0 Å². The van der Waals surface area contributed by atoms with E-state index in [0.29, 0.717) is 22.8 Å². The maximum absolute atomic E-state index is 12.4.